The molecule has 2 aliphatic rings. The van der Waals surface area contributed by atoms with Gasteiger partial charge in [0.1, 0.15) is 11.9 Å². The Morgan fingerprint density at radius 1 is 1.16 bits per heavy atom. The van der Waals surface area contributed by atoms with Crippen molar-refractivity contribution in [2.45, 2.75) is 45.3 Å². The first-order valence-corrected chi connectivity index (χ1v) is 11.1. The molecule has 2 N–H and O–H groups in total. The lowest BCUT2D eigenvalue weighted by Gasteiger charge is -2.30. The van der Waals surface area contributed by atoms with Crippen LogP contribution in [0.4, 0.5) is 4.39 Å². The highest BCUT2D eigenvalue weighted by Crippen LogP contribution is 2.49. The van der Waals surface area contributed by atoms with E-state index in [1.54, 1.807) is 46.7 Å². The van der Waals surface area contributed by atoms with E-state index < -0.39 is 23.8 Å². The highest BCUT2D eigenvalue weighted by molar-refractivity contribution is 5.89. The van der Waals surface area contributed by atoms with Gasteiger partial charge in [-0.15, -0.1) is 0 Å². The number of carbonyl (C=O) groups is 2. The highest BCUT2D eigenvalue weighted by Gasteiger charge is 2.56. The number of halogens is 1. The van der Waals surface area contributed by atoms with Gasteiger partial charge in [0.2, 0.25) is 11.8 Å². The first-order chi connectivity index (χ1) is 15.4. The Morgan fingerprint density at radius 2 is 1.91 bits per heavy atom. The molecule has 0 unspecified atom stereocenters. The third-order valence-electron chi connectivity index (χ3n) is 6.65. The van der Waals surface area contributed by atoms with Crippen molar-refractivity contribution in [2.75, 3.05) is 13.2 Å². The van der Waals surface area contributed by atoms with Crippen LogP contribution in [0.15, 0.2) is 41.2 Å². The Balaban J connectivity index is 1.80. The third kappa shape index (κ3) is 3.43. The molecule has 32 heavy (non-hydrogen) atoms. The van der Waals surface area contributed by atoms with Crippen molar-refractivity contribution in [2.24, 2.45) is 11.8 Å². The molecule has 2 amide bonds. The molecule has 3 heterocycles. The predicted molar refractivity (Wildman–Crippen MR) is 117 cm³/mol. The summed E-state index contributed by atoms with van der Waals surface area (Å²) in [6.07, 6.45) is 0.963. The Labute approximate surface area is 185 Å². The number of rotatable bonds is 6. The largest absolute Gasteiger partial charge is 0.396 e. The summed E-state index contributed by atoms with van der Waals surface area (Å²) >= 11 is 0. The smallest absolute Gasteiger partial charge is 0.258 e. The molecule has 0 spiro atoms. The predicted octanol–water partition coefficient (Wildman–Crippen LogP) is 2.08. The van der Waals surface area contributed by atoms with Crippen LogP contribution >= 0.6 is 0 Å². The van der Waals surface area contributed by atoms with Crippen LogP contribution in [-0.2, 0) is 16.1 Å². The van der Waals surface area contributed by atoms with E-state index in [0.29, 0.717) is 12.2 Å². The second-order valence-corrected chi connectivity index (χ2v) is 8.41. The number of aliphatic hydroxyl groups is 1. The summed E-state index contributed by atoms with van der Waals surface area (Å²) < 4.78 is 15.9. The van der Waals surface area contributed by atoms with Crippen LogP contribution in [0.3, 0.4) is 0 Å². The standard InChI is InChI=1S/C24H28FN3O4/c1-3-11-26-23(31)22-17(13-29)16-12-27-19(21(16)28(22)20(30)4-2)10-9-15(24(27)32)14-7-5-6-8-18(14)25/h5-10,16-17,21-22,29H,3-4,11-13H2,1-2H3,(H,26,31)/t16-,17-,21+,22-/m0/s1. The van der Waals surface area contributed by atoms with Crippen LogP contribution in [0.1, 0.15) is 38.4 Å². The molecule has 1 aromatic carbocycles. The van der Waals surface area contributed by atoms with Crippen molar-refractivity contribution >= 4 is 11.8 Å². The topological polar surface area (TPSA) is 91.6 Å². The number of hydrogen-bond acceptors (Lipinski definition) is 4. The van der Waals surface area contributed by atoms with Crippen molar-refractivity contribution in [3.8, 4) is 11.1 Å². The summed E-state index contributed by atoms with van der Waals surface area (Å²) in [5.74, 6) is -1.74. The number of fused-ring (bicyclic) bond motifs is 3. The van der Waals surface area contributed by atoms with Gasteiger partial charge < -0.3 is 19.9 Å². The van der Waals surface area contributed by atoms with Gasteiger partial charge in [-0.2, -0.15) is 0 Å². The first kappa shape index (κ1) is 22.2. The molecule has 7 nitrogen and oxygen atoms in total. The molecule has 1 aromatic heterocycles. The molecule has 1 fully saturated rings. The van der Waals surface area contributed by atoms with Gasteiger partial charge >= 0.3 is 0 Å². The molecule has 0 bridgehead atoms. The summed E-state index contributed by atoms with van der Waals surface area (Å²) in [4.78, 5) is 40.8. The minimum Gasteiger partial charge on any atom is -0.396 e. The van der Waals surface area contributed by atoms with E-state index in [4.69, 9.17) is 0 Å². The number of hydrogen-bond donors (Lipinski definition) is 2. The molecular formula is C24H28FN3O4. The molecule has 4 atom stereocenters. The summed E-state index contributed by atoms with van der Waals surface area (Å²) in [6, 6.07) is 8.16. The molecule has 2 aliphatic heterocycles. The van der Waals surface area contributed by atoms with Gasteiger partial charge in [0.05, 0.1) is 11.6 Å². The first-order valence-electron chi connectivity index (χ1n) is 11.1. The van der Waals surface area contributed by atoms with E-state index in [1.165, 1.54) is 6.07 Å². The van der Waals surface area contributed by atoms with E-state index in [1.807, 2.05) is 6.92 Å². The molecule has 8 heteroatoms. The maximum Gasteiger partial charge on any atom is 0.258 e. The summed E-state index contributed by atoms with van der Waals surface area (Å²) in [5, 5.41) is 13.0. The van der Waals surface area contributed by atoms with Gasteiger partial charge in [0.15, 0.2) is 0 Å². The lowest BCUT2D eigenvalue weighted by Crippen LogP contribution is -2.50. The number of likely N-dealkylation sites (tertiary alicyclic amines) is 1. The summed E-state index contributed by atoms with van der Waals surface area (Å²) in [7, 11) is 0. The normalized spacial score (nSPS) is 23.7. The second-order valence-electron chi connectivity index (χ2n) is 8.41. The van der Waals surface area contributed by atoms with Crippen molar-refractivity contribution in [3.05, 3.63) is 58.3 Å². The highest BCUT2D eigenvalue weighted by atomic mass is 19.1. The van der Waals surface area contributed by atoms with Crippen LogP contribution in [-0.4, -0.2) is 45.6 Å². The molecular weight excluding hydrogens is 413 g/mol. The van der Waals surface area contributed by atoms with Crippen molar-refractivity contribution < 1.29 is 19.1 Å². The van der Waals surface area contributed by atoms with E-state index in [9.17, 15) is 23.9 Å². The number of pyridine rings is 1. The van der Waals surface area contributed by atoms with E-state index in [-0.39, 0.29) is 54.0 Å². The Morgan fingerprint density at radius 3 is 2.56 bits per heavy atom. The summed E-state index contributed by atoms with van der Waals surface area (Å²) in [5.41, 5.74) is 0.751. The van der Waals surface area contributed by atoms with Crippen LogP contribution in [0.2, 0.25) is 0 Å². The van der Waals surface area contributed by atoms with Gasteiger partial charge in [-0.25, -0.2) is 4.39 Å². The van der Waals surface area contributed by atoms with Crippen molar-refractivity contribution in [3.63, 3.8) is 0 Å². The fraction of sp³-hybridized carbons (Fsp3) is 0.458. The molecule has 1 saturated heterocycles. The molecule has 0 radical (unpaired) electrons. The van der Waals surface area contributed by atoms with Gasteiger partial charge in [-0.3, -0.25) is 14.4 Å². The molecule has 0 aliphatic carbocycles. The van der Waals surface area contributed by atoms with Crippen LogP contribution < -0.4 is 10.9 Å². The fourth-order valence-electron chi connectivity index (χ4n) is 5.19. The lowest BCUT2D eigenvalue weighted by molar-refractivity contribution is -0.141. The third-order valence-corrected chi connectivity index (χ3v) is 6.65. The Bertz CT molecular complexity index is 1100. The minimum atomic E-state index is -0.788. The van der Waals surface area contributed by atoms with Crippen LogP contribution in [0.25, 0.3) is 11.1 Å². The number of benzene rings is 1. The maximum absolute atomic E-state index is 14.3. The Hall–Kier alpha value is -3.00. The van der Waals surface area contributed by atoms with Gasteiger partial charge in [0, 0.05) is 49.2 Å². The monoisotopic (exact) mass is 441 g/mol. The fourth-order valence-corrected chi connectivity index (χ4v) is 5.19. The lowest BCUT2D eigenvalue weighted by atomic mass is 9.88. The number of carbonyl (C=O) groups excluding carboxylic acids is 2. The maximum atomic E-state index is 14.3. The average Bonchev–Trinajstić information content (AvgIpc) is 3.33. The number of nitrogens with one attached hydrogen (secondary N) is 1. The molecule has 0 saturated carbocycles. The zero-order valence-corrected chi connectivity index (χ0v) is 18.3. The van der Waals surface area contributed by atoms with E-state index in [0.717, 1.165) is 6.42 Å². The van der Waals surface area contributed by atoms with Crippen LogP contribution in [0, 0.1) is 17.7 Å². The van der Waals surface area contributed by atoms with Crippen molar-refractivity contribution in [1.29, 1.82) is 0 Å². The number of amides is 2. The quantitative estimate of drug-likeness (QED) is 0.718. The zero-order valence-electron chi connectivity index (χ0n) is 18.3. The Kier molecular flexibility index (Phi) is 6.15. The van der Waals surface area contributed by atoms with Crippen LogP contribution in [0.5, 0.6) is 0 Å². The molecule has 2 aromatic rings. The van der Waals surface area contributed by atoms with Gasteiger partial charge in [0.25, 0.3) is 5.56 Å². The number of aliphatic hydroxyl groups excluding tert-OH is 1. The number of nitrogens with zero attached hydrogens (tertiary/aromatic N) is 2. The second kappa shape index (κ2) is 8.86. The average molecular weight is 442 g/mol. The molecule has 4 rings (SSSR count). The minimum absolute atomic E-state index is 0.202. The SMILES string of the molecule is CCCNC(=O)[C@@H]1[C@@H](CO)[C@@H]2Cn3c(ccc(-c4ccccc4F)c3=O)[C@@H]2N1C(=O)CC. The zero-order chi connectivity index (χ0) is 23.0. The molecule has 170 valence electrons. The van der Waals surface area contributed by atoms with E-state index in [2.05, 4.69) is 5.32 Å². The van der Waals surface area contributed by atoms with Gasteiger partial charge in [-0.05, 0) is 24.6 Å². The van der Waals surface area contributed by atoms with Crippen molar-refractivity contribution in [1.82, 2.24) is 14.8 Å². The van der Waals surface area contributed by atoms with Gasteiger partial charge in [-0.1, -0.05) is 32.0 Å². The summed E-state index contributed by atoms with van der Waals surface area (Å²) in [6.45, 7) is 4.14. The van der Waals surface area contributed by atoms with E-state index >= 15 is 0 Å². The number of aromatic nitrogens is 1.